The summed E-state index contributed by atoms with van der Waals surface area (Å²) in [5, 5.41) is 0. The zero-order chi connectivity index (χ0) is 37.3. The van der Waals surface area contributed by atoms with Crippen molar-refractivity contribution >= 4 is 34.6 Å². The molecule has 0 fully saturated rings. The molecule has 0 atom stereocenters. The van der Waals surface area contributed by atoms with Crippen molar-refractivity contribution in [2.45, 2.75) is 33.1 Å². The van der Waals surface area contributed by atoms with Crippen LogP contribution >= 0.6 is 0 Å². The van der Waals surface area contributed by atoms with Crippen molar-refractivity contribution in [2.75, 3.05) is 9.80 Å². The molecule has 0 N–H and O–H groups in total. The van der Waals surface area contributed by atoms with Gasteiger partial charge < -0.3 is 0 Å². The lowest BCUT2D eigenvalue weighted by Crippen LogP contribution is -2.26. The number of hydrogen-bond acceptors (Lipinski definition) is 6. The molecule has 0 bridgehead atoms. The van der Waals surface area contributed by atoms with Gasteiger partial charge >= 0.3 is 0 Å². The lowest BCUT2D eigenvalue weighted by atomic mass is 9.70. The fourth-order valence-electron chi connectivity index (χ4n) is 8.92. The normalized spacial score (nSPS) is 12.9. The molecule has 2 aliphatic rings. The molecule has 0 unspecified atom stereocenters. The van der Waals surface area contributed by atoms with Gasteiger partial charge in [-0.25, -0.2) is 19.9 Å². The van der Waals surface area contributed by atoms with E-state index in [1.807, 2.05) is 52.0 Å². The van der Waals surface area contributed by atoms with E-state index in [2.05, 4.69) is 143 Å². The molecule has 6 aromatic carbocycles. The number of benzene rings is 6. The van der Waals surface area contributed by atoms with Gasteiger partial charge in [-0.1, -0.05) is 97.1 Å². The summed E-state index contributed by atoms with van der Waals surface area (Å²) in [5.74, 6) is 1.30. The van der Waals surface area contributed by atoms with Gasteiger partial charge in [0.25, 0.3) is 0 Å². The summed E-state index contributed by atoms with van der Waals surface area (Å²) >= 11 is 0. The van der Waals surface area contributed by atoms with E-state index in [0.29, 0.717) is 11.9 Å². The molecule has 0 amide bonds. The maximum atomic E-state index is 4.98. The molecule has 1 spiro atoms. The molecule has 0 saturated heterocycles. The molecule has 0 saturated carbocycles. The Labute approximate surface area is 321 Å². The number of aryl methyl sites for hydroxylation is 4. The van der Waals surface area contributed by atoms with Crippen LogP contribution in [0.3, 0.4) is 0 Å². The van der Waals surface area contributed by atoms with E-state index < -0.39 is 5.41 Å². The minimum absolute atomic E-state index is 0.596. The number of anilines is 6. The third kappa shape index (κ3) is 5.09. The van der Waals surface area contributed by atoms with E-state index in [4.69, 9.17) is 19.9 Å². The van der Waals surface area contributed by atoms with Crippen molar-refractivity contribution in [1.82, 2.24) is 19.9 Å². The predicted octanol–water partition coefficient (Wildman–Crippen LogP) is 11.8. The highest BCUT2D eigenvalue weighted by atomic mass is 15.3. The zero-order valence-electron chi connectivity index (χ0n) is 31.2. The van der Waals surface area contributed by atoms with Gasteiger partial charge in [-0.05, 0) is 133 Å². The van der Waals surface area contributed by atoms with Crippen LogP contribution in [0.25, 0.3) is 22.3 Å². The van der Waals surface area contributed by atoms with Crippen molar-refractivity contribution in [3.8, 4) is 22.3 Å². The Morgan fingerprint density at radius 1 is 0.327 bits per heavy atom. The Hall–Kier alpha value is -6.92. The highest BCUT2D eigenvalue weighted by molar-refractivity contribution is 5.97. The average molecular weight is 711 g/mol. The maximum absolute atomic E-state index is 4.98. The van der Waals surface area contributed by atoms with Crippen LogP contribution < -0.4 is 9.80 Å². The second-order valence-electron chi connectivity index (χ2n) is 14.5. The Kier molecular flexibility index (Phi) is 7.49. The quantitative estimate of drug-likeness (QED) is 0.171. The largest absolute Gasteiger partial charge is 0.279 e. The van der Waals surface area contributed by atoms with Crippen molar-refractivity contribution in [3.63, 3.8) is 0 Å². The van der Waals surface area contributed by atoms with Gasteiger partial charge in [0.2, 0.25) is 11.9 Å². The van der Waals surface area contributed by atoms with Crippen molar-refractivity contribution < 1.29 is 0 Å². The first-order valence-electron chi connectivity index (χ1n) is 18.7. The standard InChI is InChI=1S/C49H38N6/c1-31-27-32(2)51-47(50-31)54(35-15-7-5-8-16-35)37-23-25-41-42-26-24-38(55(36-17-9-6-10-18-36)48-52-33(3)28-34(4)53-48)30-46(42)49(45(41)29-37)43-21-13-11-19-39(43)40-20-12-14-22-44(40)49/h5-30H,1-4H3. The second-order valence-corrected chi connectivity index (χ2v) is 14.5. The number of aromatic nitrogens is 4. The van der Waals surface area contributed by atoms with Gasteiger partial charge in [0.15, 0.2) is 0 Å². The van der Waals surface area contributed by atoms with E-state index in [1.165, 1.54) is 44.5 Å². The Balaban J connectivity index is 1.26. The second kappa shape index (κ2) is 12.6. The maximum Gasteiger partial charge on any atom is 0.235 e. The summed E-state index contributed by atoms with van der Waals surface area (Å²) in [6.07, 6.45) is 0. The molecule has 10 rings (SSSR count). The molecule has 2 aromatic heterocycles. The Morgan fingerprint density at radius 3 is 1.07 bits per heavy atom. The molecule has 0 radical (unpaired) electrons. The minimum atomic E-state index is -0.596. The predicted molar refractivity (Wildman–Crippen MR) is 222 cm³/mol. The minimum Gasteiger partial charge on any atom is -0.279 e. The molecule has 264 valence electrons. The summed E-state index contributed by atoms with van der Waals surface area (Å²) in [6.45, 7) is 8.12. The van der Waals surface area contributed by atoms with E-state index in [-0.39, 0.29) is 0 Å². The molecule has 8 aromatic rings. The van der Waals surface area contributed by atoms with Crippen LogP contribution in [-0.4, -0.2) is 19.9 Å². The SMILES string of the molecule is Cc1cc(C)nc(N(c2ccccc2)c2ccc3c(c2)C2(c4ccccc4-c4ccccc42)c2cc(N(c4ccccc4)c4nc(C)cc(C)n4)ccc2-3)n1. The van der Waals surface area contributed by atoms with Crippen LogP contribution in [0.1, 0.15) is 45.0 Å². The van der Waals surface area contributed by atoms with Crippen molar-refractivity contribution in [2.24, 2.45) is 0 Å². The van der Waals surface area contributed by atoms with Crippen LogP contribution in [0.2, 0.25) is 0 Å². The third-order valence-electron chi connectivity index (χ3n) is 10.9. The van der Waals surface area contributed by atoms with Crippen molar-refractivity contribution in [3.05, 3.63) is 203 Å². The lowest BCUT2D eigenvalue weighted by Gasteiger charge is -2.32. The van der Waals surface area contributed by atoms with E-state index in [9.17, 15) is 0 Å². The average Bonchev–Trinajstić information content (AvgIpc) is 3.65. The topological polar surface area (TPSA) is 58.0 Å². The first-order valence-corrected chi connectivity index (χ1v) is 18.7. The van der Waals surface area contributed by atoms with E-state index >= 15 is 0 Å². The zero-order valence-corrected chi connectivity index (χ0v) is 31.2. The molecule has 6 heteroatoms. The number of nitrogens with zero attached hydrogens (tertiary/aromatic N) is 6. The van der Waals surface area contributed by atoms with Gasteiger partial charge in [-0.3, -0.25) is 9.80 Å². The number of hydrogen-bond donors (Lipinski definition) is 0. The summed E-state index contributed by atoms with van der Waals surface area (Å²) in [7, 11) is 0. The molecule has 55 heavy (non-hydrogen) atoms. The van der Waals surface area contributed by atoms with Gasteiger partial charge in [0.1, 0.15) is 0 Å². The summed E-state index contributed by atoms with van der Waals surface area (Å²) in [4.78, 5) is 24.3. The Morgan fingerprint density at radius 2 is 0.673 bits per heavy atom. The number of para-hydroxylation sites is 2. The van der Waals surface area contributed by atoms with Crippen LogP contribution in [0.15, 0.2) is 158 Å². The monoisotopic (exact) mass is 710 g/mol. The molecule has 6 nitrogen and oxygen atoms in total. The summed E-state index contributed by atoms with van der Waals surface area (Å²) in [6, 6.07) is 56.5. The molecule has 2 heterocycles. The highest BCUT2D eigenvalue weighted by Crippen LogP contribution is 2.64. The van der Waals surface area contributed by atoms with E-state index in [1.54, 1.807) is 0 Å². The molecular weight excluding hydrogens is 673 g/mol. The molecular formula is C49H38N6. The van der Waals surface area contributed by atoms with Crippen molar-refractivity contribution in [1.29, 1.82) is 0 Å². The third-order valence-corrected chi connectivity index (χ3v) is 10.9. The number of fused-ring (bicyclic) bond motifs is 10. The summed E-state index contributed by atoms with van der Waals surface area (Å²) in [5.41, 5.74) is 17.0. The smallest absolute Gasteiger partial charge is 0.235 e. The molecule has 0 aliphatic heterocycles. The van der Waals surface area contributed by atoms with Gasteiger partial charge in [-0.15, -0.1) is 0 Å². The molecule has 2 aliphatic carbocycles. The van der Waals surface area contributed by atoms with Crippen LogP contribution in [0.4, 0.5) is 34.6 Å². The first kappa shape index (κ1) is 32.7. The van der Waals surface area contributed by atoms with Gasteiger partial charge in [-0.2, -0.15) is 0 Å². The van der Waals surface area contributed by atoms with Crippen LogP contribution in [0, 0.1) is 27.7 Å². The summed E-state index contributed by atoms with van der Waals surface area (Å²) < 4.78 is 0. The fraction of sp³-hybridized carbons (Fsp3) is 0.102. The number of rotatable bonds is 6. The first-order chi connectivity index (χ1) is 26.9. The van der Waals surface area contributed by atoms with E-state index in [0.717, 1.165) is 45.5 Å². The van der Waals surface area contributed by atoms with Crippen LogP contribution in [-0.2, 0) is 5.41 Å². The highest BCUT2D eigenvalue weighted by Gasteiger charge is 2.52. The van der Waals surface area contributed by atoms with Gasteiger partial charge in [0, 0.05) is 45.5 Å². The fourth-order valence-corrected chi connectivity index (χ4v) is 8.92. The van der Waals surface area contributed by atoms with Gasteiger partial charge in [0.05, 0.1) is 5.41 Å². The lowest BCUT2D eigenvalue weighted by molar-refractivity contribution is 0.793. The van der Waals surface area contributed by atoms with Crippen LogP contribution in [0.5, 0.6) is 0 Å². The Bertz CT molecular complexity index is 2540.